The molecule has 1 aliphatic carbocycles. The Balaban J connectivity index is 2.73. The Hall–Kier alpha value is -0.790. The highest BCUT2D eigenvalue weighted by molar-refractivity contribution is 5.95. The maximum absolute atomic E-state index is 8.47. The predicted octanol–water partition coefficient (Wildman–Crippen LogP) is 2.19. The van der Waals surface area contributed by atoms with Crippen LogP contribution in [0.2, 0.25) is 0 Å². The molecule has 2 nitrogen and oxygen atoms in total. The number of hydrogen-bond acceptors (Lipinski definition) is 2. The van der Waals surface area contributed by atoms with Crippen LogP contribution >= 0.6 is 0 Å². The molecule has 0 aromatic rings. The van der Waals surface area contributed by atoms with E-state index in [2.05, 4.69) is 19.0 Å². The fraction of sp³-hybridized carbons (Fsp3) is 0.625. The van der Waals surface area contributed by atoms with Crippen LogP contribution in [0.15, 0.2) is 16.8 Å². The minimum atomic E-state index is 0.635. The summed E-state index contributed by atoms with van der Waals surface area (Å²) < 4.78 is 0. The van der Waals surface area contributed by atoms with E-state index in [-0.39, 0.29) is 0 Å². The first-order chi connectivity index (χ1) is 4.72. The van der Waals surface area contributed by atoms with Crippen LogP contribution < -0.4 is 0 Å². The molecule has 0 spiro atoms. The van der Waals surface area contributed by atoms with Crippen molar-refractivity contribution < 1.29 is 5.21 Å². The summed E-state index contributed by atoms with van der Waals surface area (Å²) in [4.78, 5) is 0. The van der Waals surface area contributed by atoms with Gasteiger partial charge < -0.3 is 5.21 Å². The molecule has 10 heavy (non-hydrogen) atoms. The van der Waals surface area contributed by atoms with Crippen LogP contribution in [0.5, 0.6) is 0 Å². The molecule has 0 bridgehead atoms. The summed E-state index contributed by atoms with van der Waals surface area (Å²) in [5.41, 5.74) is 2.13. The maximum Gasteiger partial charge on any atom is 0.0797 e. The molecule has 0 aliphatic heterocycles. The third-order valence-corrected chi connectivity index (χ3v) is 1.77. The van der Waals surface area contributed by atoms with Gasteiger partial charge in [-0.05, 0) is 31.8 Å². The zero-order chi connectivity index (χ0) is 7.56. The Morgan fingerprint density at radius 3 is 2.80 bits per heavy atom. The van der Waals surface area contributed by atoms with Gasteiger partial charge >= 0.3 is 0 Å². The van der Waals surface area contributed by atoms with E-state index in [1.807, 2.05) is 6.08 Å². The Bertz CT molecular complexity index is 182. The van der Waals surface area contributed by atoms with Crippen molar-refractivity contribution in [1.29, 1.82) is 0 Å². The van der Waals surface area contributed by atoms with Crippen LogP contribution in [-0.4, -0.2) is 10.9 Å². The van der Waals surface area contributed by atoms with Crippen molar-refractivity contribution in [2.45, 2.75) is 26.7 Å². The Kier molecular flexibility index (Phi) is 2.10. The van der Waals surface area contributed by atoms with Gasteiger partial charge in [0.15, 0.2) is 0 Å². The average Bonchev–Trinajstić information content (AvgIpc) is 1.85. The van der Waals surface area contributed by atoms with Crippen LogP contribution in [0.1, 0.15) is 26.7 Å². The van der Waals surface area contributed by atoms with Gasteiger partial charge in [-0.1, -0.05) is 17.7 Å². The molecule has 56 valence electrons. The van der Waals surface area contributed by atoms with E-state index in [0.29, 0.717) is 5.92 Å². The summed E-state index contributed by atoms with van der Waals surface area (Å²) in [5.74, 6) is 0.635. The van der Waals surface area contributed by atoms with Crippen LogP contribution in [0.4, 0.5) is 0 Å². The van der Waals surface area contributed by atoms with Gasteiger partial charge in [0.1, 0.15) is 0 Å². The molecule has 0 heterocycles. The van der Waals surface area contributed by atoms with Gasteiger partial charge in [-0.2, -0.15) is 0 Å². The predicted molar refractivity (Wildman–Crippen MR) is 41.4 cm³/mol. The van der Waals surface area contributed by atoms with E-state index in [1.165, 1.54) is 5.57 Å². The Labute approximate surface area is 61.2 Å². The van der Waals surface area contributed by atoms with Crippen molar-refractivity contribution in [1.82, 2.24) is 0 Å². The summed E-state index contributed by atoms with van der Waals surface area (Å²) in [7, 11) is 0. The topological polar surface area (TPSA) is 32.6 Å². The zero-order valence-electron chi connectivity index (χ0n) is 6.46. The number of hydrogen-bond donors (Lipinski definition) is 1. The van der Waals surface area contributed by atoms with Crippen LogP contribution in [0.25, 0.3) is 0 Å². The molecule has 0 aromatic heterocycles. The van der Waals surface area contributed by atoms with Crippen LogP contribution in [0.3, 0.4) is 0 Å². The van der Waals surface area contributed by atoms with Gasteiger partial charge in [-0.25, -0.2) is 0 Å². The first-order valence-corrected chi connectivity index (χ1v) is 3.60. The Morgan fingerprint density at radius 1 is 1.60 bits per heavy atom. The normalized spacial score (nSPS) is 30.4. The van der Waals surface area contributed by atoms with Gasteiger partial charge in [0, 0.05) is 0 Å². The largest absolute Gasteiger partial charge is 0.411 e. The molecule has 0 amide bonds. The molecule has 1 N–H and O–H groups in total. The van der Waals surface area contributed by atoms with E-state index in [4.69, 9.17) is 5.21 Å². The van der Waals surface area contributed by atoms with Gasteiger partial charge in [0.05, 0.1) is 5.71 Å². The first kappa shape index (κ1) is 7.32. The van der Waals surface area contributed by atoms with Gasteiger partial charge in [-0.3, -0.25) is 0 Å². The molecule has 1 atom stereocenters. The molecule has 0 saturated carbocycles. The van der Waals surface area contributed by atoms with E-state index in [1.54, 1.807) is 0 Å². The van der Waals surface area contributed by atoms with Crippen molar-refractivity contribution in [2.75, 3.05) is 0 Å². The quantitative estimate of drug-likeness (QED) is 0.405. The van der Waals surface area contributed by atoms with E-state index in [0.717, 1.165) is 18.6 Å². The van der Waals surface area contributed by atoms with Crippen LogP contribution in [-0.2, 0) is 0 Å². The van der Waals surface area contributed by atoms with Crippen molar-refractivity contribution in [3.63, 3.8) is 0 Å². The van der Waals surface area contributed by atoms with Crippen LogP contribution in [0, 0.1) is 5.92 Å². The minimum absolute atomic E-state index is 0.635. The van der Waals surface area contributed by atoms with Crippen molar-refractivity contribution in [3.8, 4) is 0 Å². The standard InChI is InChI=1S/C8H13NO/c1-6-3-7(2)5-8(4-6)9-10/h4,7,10H,3,5H2,1-2H3/b9-8-/t7-/m1/s1. The third kappa shape index (κ3) is 1.59. The molecule has 0 saturated heterocycles. The van der Waals surface area contributed by atoms with Gasteiger partial charge in [-0.15, -0.1) is 0 Å². The lowest BCUT2D eigenvalue weighted by atomic mass is 9.90. The SMILES string of the molecule is CC1=C/C(=N/O)C[C@H](C)C1. The summed E-state index contributed by atoms with van der Waals surface area (Å²) in [6.07, 6.45) is 4.01. The highest BCUT2D eigenvalue weighted by Gasteiger charge is 2.12. The zero-order valence-corrected chi connectivity index (χ0v) is 6.46. The number of oxime groups is 1. The molecule has 1 rings (SSSR count). The smallest absolute Gasteiger partial charge is 0.0797 e. The molecule has 0 fully saturated rings. The minimum Gasteiger partial charge on any atom is -0.411 e. The number of nitrogens with zero attached hydrogens (tertiary/aromatic N) is 1. The Morgan fingerprint density at radius 2 is 2.30 bits per heavy atom. The lowest BCUT2D eigenvalue weighted by Crippen LogP contribution is -2.10. The summed E-state index contributed by atoms with van der Waals surface area (Å²) in [6.45, 7) is 4.24. The molecule has 0 radical (unpaired) electrons. The van der Waals surface area contributed by atoms with Crippen molar-refractivity contribution >= 4 is 5.71 Å². The third-order valence-electron chi connectivity index (χ3n) is 1.77. The highest BCUT2D eigenvalue weighted by Crippen LogP contribution is 2.20. The second-order valence-corrected chi connectivity index (χ2v) is 3.10. The van der Waals surface area contributed by atoms with Crippen molar-refractivity contribution in [2.24, 2.45) is 11.1 Å². The molecule has 1 aliphatic rings. The second-order valence-electron chi connectivity index (χ2n) is 3.10. The summed E-state index contributed by atoms with van der Waals surface area (Å²) in [6, 6.07) is 0. The molecular weight excluding hydrogens is 126 g/mol. The maximum atomic E-state index is 8.47. The van der Waals surface area contributed by atoms with Crippen molar-refractivity contribution in [3.05, 3.63) is 11.6 Å². The fourth-order valence-corrected chi connectivity index (χ4v) is 1.45. The van der Waals surface area contributed by atoms with E-state index < -0.39 is 0 Å². The molecule has 2 heteroatoms. The molecular formula is C8H13NO. The average molecular weight is 139 g/mol. The lowest BCUT2D eigenvalue weighted by Gasteiger charge is -2.16. The summed E-state index contributed by atoms with van der Waals surface area (Å²) in [5, 5.41) is 11.7. The van der Waals surface area contributed by atoms with Gasteiger partial charge in [0.25, 0.3) is 0 Å². The van der Waals surface area contributed by atoms with E-state index in [9.17, 15) is 0 Å². The highest BCUT2D eigenvalue weighted by atomic mass is 16.4. The molecule has 0 unspecified atom stereocenters. The number of rotatable bonds is 0. The first-order valence-electron chi connectivity index (χ1n) is 3.60. The lowest BCUT2D eigenvalue weighted by molar-refractivity contribution is 0.316. The molecule has 0 aromatic carbocycles. The van der Waals surface area contributed by atoms with Gasteiger partial charge in [0.2, 0.25) is 0 Å². The fourth-order valence-electron chi connectivity index (χ4n) is 1.45. The monoisotopic (exact) mass is 139 g/mol. The number of allylic oxidation sites excluding steroid dienone is 2. The van der Waals surface area contributed by atoms with E-state index >= 15 is 0 Å². The summed E-state index contributed by atoms with van der Waals surface area (Å²) >= 11 is 0. The second kappa shape index (κ2) is 2.86.